The Bertz CT molecular complexity index is 403. The number of hydrogen-bond donors (Lipinski definition) is 2. The van der Waals surface area contributed by atoms with Gasteiger partial charge in [-0.3, -0.25) is 4.79 Å². The molecule has 4 nitrogen and oxygen atoms in total. The van der Waals surface area contributed by atoms with E-state index in [-0.39, 0.29) is 11.7 Å². The quantitative estimate of drug-likeness (QED) is 0.815. The van der Waals surface area contributed by atoms with Gasteiger partial charge in [-0.25, -0.2) is 0 Å². The predicted octanol–water partition coefficient (Wildman–Crippen LogP) is 1.20. The molecule has 0 aromatic heterocycles. The van der Waals surface area contributed by atoms with Crippen molar-refractivity contribution in [3.8, 4) is 5.75 Å². The van der Waals surface area contributed by atoms with E-state index in [9.17, 15) is 9.90 Å². The molecule has 2 N–H and O–H groups in total. The van der Waals surface area contributed by atoms with Crippen molar-refractivity contribution in [2.75, 3.05) is 26.2 Å². The average Bonchev–Trinajstić information content (AvgIpc) is 2.32. The number of phenols is 1. The Kier molecular flexibility index (Phi) is 3.46. The second-order valence-corrected chi connectivity index (χ2v) is 4.62. The van der Waals surface area contributed by atoms with Crippen LogP contribution in [0.5, 0.6) is 5.75 Å². The number of rotatable bonds is 1. The lowest BCUT2D eigenvalue weighted by Crippen LogP contribution is -2.46. The van der Waals surface area contributed by atoms with Gasteiger partial charge in [-0.1, -0.05) is 15.9 Å². The lowest BCUT2D eigenvalue weighted by molar-refractivity contribution is 0.0732. The number of amides is 1. The Morgan fingerprint density at radius 3 is 2.75 bits per heavy atom. The molecule has 16 heavy (non-hydrogen) atoms. The molecule has 2 rings (SSSR count). The number of benzene rings is 1. The molecule has 1 fully saturated rings. The van der Waals surface area contributed by atoms with Gasteiger partial charge in [0.2, 0.25) is 0 Å². The molecule has 0 atom stereocenters. The van der Waals surface area contributed by atoms with E-state index in [1.54, 1.807) is 17.0 Å². The van der Waals surface area contributed by atoms with Crippen molar-refractivity contribution in [2.24, 2.45) is 0 Å². The van der Waals surface area contributed by atoms with Gasteiger partial charge in [0.1, 0.15) is 5.75 Å². The molecule has 1 heterocycles. The zero-order valence-electron chi connectivity index (χ0n) is 8.74. The van der Waals surface area contributed by atoms with Gasteiger partial charge in [0, 0.05) is 30.7 Å². The summed E-state index contributed by atoms with van der Waals surface area (Å²) in [5.41, 5.74) is 0.358. The number of nitrogens with zero attached hydrogens (tertiary/aromatic N) is 1. The largest absolute Gasteiger partial charge is 0.507 e. The van der Waals surface area contributed by atoms with Crippen molar-refractivity contribution in [3.05, 3.63) is 28.2 Å². The van der Waals surface area contributed by atoms with Crippen LogP contribution < -0.4 is 5.32 Å². The second kappa shape index (κ2) is 4.84. The highest BCUT2D eigenvalue weighted by atomic mass is 79.9. The molecular formula is C11H13BrN2O2. The van der Waals surface area contributed by atoms with Crippen LogP contribution >= 0.6 is 15.9 Å². The number of carbonyl (C=O) groups is 1. The van der Waals surface area contributed by atoms with Crippen LogP contribution in [0.25, 0.3) is 0 Å². The number of piperazine rings is 1. The standard InChI is InChI=1S/C11H13BrN2O2/c12-8-1-2-10(15)9(7-8)11(16)14-5-3-13-4-6-14/h1-2,7,13,15H,3-6H2. The molecule has 1 amide bonds. The van der Waals surface area contributed by atoms with E-state index in [1.807, 2.05) is 0 Å². The Morgan fingerprint density at radius 2 is 2.06 bits per heavy atom. The van der Waals surface area contributed by atoms with Crippen molar-refractivity contribution in [1.82, 2.24) is 10.2 Å². The van der Waals surface area contributed by atoms with E-state index in [0.29, 0.717) is 18.7 Å². The van der Waals surface area contributed by atoms with Crippen molar-refractivity contribution in [3.63, 3.8) is 0 Å². The summed E-state index contributed by atoms with van der Waals surface area (Å²) in [5, 5.41) is 12.8. The summed E-state index contributed by atoms with van der Waals surface area (Å²) in [7, 11) is 0. The first-order valence-corrected chi connectivity index (χ1v) is 5.96. The van der Waals surface area contributed by atoms with Gasteiger partial charge in [0.15, 0.2) is 0 Å². The third kappa shape index (κ3) is 2.36. The molecule has 1 saturated heterocycles. The Balaban J connectivity index is 2.22. The van der Waals surface area contributed by atoms with Crippen molar-refractivity contribution < 1.29 is 9.90 Å². The van der Waals surface area contributed by atoms with Crippen LogP contribution in [0.15, 0.2) is 22.7 Å². The third-order valence-electron chi connectivity index (χ3n) is 2.59. The molecular weight excluding hydrogens is 272 g/mol. The van der Waals surface area contributed by atoms with Gasteiger partial charge >= 0.3 is 0 Å². The van der Waals surface area contributed by atoms with Crippen molar-refractivity contribution in [2.45, 2.75) is 0 Å². The van der Waals surface area contributed by atoms with Crippen molar-refractivity contribution >= 4 is 21.8 Å². The molecule has 0 saturated carbocycles. The number of phenolic OH excluding ortho intramolecular Hbond substituents is 1. The van der Waals surface area contributed by atoms with E-state index in [0.717, 1.165) is 17.6 Å². The van der Waals surface area contributed by atoms with Crippen LogP contribution in [-0.2, 0) is 0 Å². The number of nitrogens with one attached hydrogen (secondary N) is 1. The molecule has 0 radical (unpaired) electrons. The number of carbonyl (C=O) groups excluding carboxylic acids is 1. The molecule has 0 aliphatic carbocycles. The Hall–Kier alpha value is -1.07. The molecule has 0 bridgehead atoms. The fourth-order valence-electron chi connectivity index (χ4n) is 1.72. The van der Waals surface area contributed by atoms with Gasteiger partial charge in [-0.15, -0.1) is 0 Å². The van der Waals surface area contributed by atoms with Crippen LogP contribution in [0.4, 0.5) is 0 Å². The van der Waals surface area contributed by atoms with Gasteiger partial charge in [0.05, 0.1) is 5.56 Å². The van der Waals surface area contributed by atoms with Crippen LogP contribution in [0.1, 0.15) is 10.4 Å². The summed E-state index contributed by atoms with van der Waals surface area (Å²) in [5.74, 6) is -0.0768. The van der Waals surface area contributed by atoms with Gasteiger partial charge < -0.3 is 15.3 Å². The van der Waals surface area contributed by atoms with Crippen LogP contribution in [0.3, 0.4) is 0 Å². The lowest BCUT2D eigenvalue weighted by Gasteiger charge is -2.27. The summed E-state index contributed by atoms with van der Waals surface area (Å²) < 4.78 is 0.795. The third-order valence-corrected chi connectivity index (χ3v) is 3.09. The lowest BCUT2D eigenvalue weighted by atomic mass is 10.1. The zero-order valence-corrected chi connectivity index (χ0v) is 10.3. The highest BCUT2D eigenvalue weighted by Crippen LogP contribution is 2.23. The van der Waals surface area contributed by atoms with E-state index < -0.39 is 0 Å². The van der Waals surface area contributed by atoms with Crippen LogP contribution in [0, 0.1) is 0 Å². The van der Waals surface area contributed by atoms with Gasteiger partial charge in [0.25, 0.3) is 5.91 Å². The van der Waals surface area contributed by atoms with E-state index in [1.165, 1.54) is 6.07 Å². The molecule has 1 aromatic rings. The van der Waals surface area contributed by atoms with E-state index in [2.05, 4.69) is 21.2 Å². The molecule has 1 aliphatic heterocycles. The molecule has 1 aliphatic rings. The minimum atomic E-state index is -0.111. The second-order valence-electron chi connectivity index (χ2n) is 3.70. The first kappa shape index (κ1) is 11.4. The highest BCUT2D eigenvalue weighted by Gasteiger charge is 2.20. The summed E-state index contributed by atoms with van der Waals surface area (Å²) in [6.07, 6.45) is 0. The first-order valence-electron chi connectivity index (χ1n) is 5.17. The minimum absolute atomic E-state index is 0.0340. The maximum absolute atomic E-state index is 12.1. The van der Waals surface area contributed by atoms with E-state index >= 15 is 0 Å². The highest BCUT2D eigenvalue weighted by molar-refractivity contribution is 9.10. The summed E-state index contributed by atoms with van der Waals surface area (Å²) in [6.45, 7) is 2.98. The molecule has 86 valence electrons. The normalized spacial score (nSPS) is 16.2. The van der Waals surface area contributed by atoms with Crippen LogP contribution in [-0.4, -0.2) is 42.1 Å². The number of aromatic hydroxyl groups is 1. The monoisotopic (exact) mass is 284 g/mol. The van der Waals surface area contributed by atoms with Gasteiger partial charge in [-0.2, -0.15) is 0 Å². The fraction of sp³-hybridized carbons (Fsp3) is 0.364. The number of halogens is 1. The summed E-state index contributed by atoms with van der Waals surface area (Å²) >= 11 is 3.29. The smallest absolute Gasteiger partial charge is 0.257 e. The Morgan fingerprint density at radius 1 is 1.38 bits per heavy atom. The molecule has 5 heteroatoms. The maximum Gasteiger partial charge on any atom is 0.257 e. The molecule has 0 unspecified atom stereocenters. The maximum atomic E-state index is 12.1. The van der Waals surface area contributed by atoms with Crippen LogP contribution in [0.2, 0.25) is 0 Å². The van der Waals surface area contributed by atoms with Gasteiger partial charge in [-0.05, 0) is 18.2 Å². The number of hydrogen-bond acceptors (Lipinski definition) is 3. The fourth-order valence-corrected chi connectivity index (χ4v) is 2.08. The zero-order chi connectivity index (χ0) is 11.5. The summed E-state index contributed by atoms with van der Waals surface area (Å²) in [4.78, 5) is 13.8. The topological polar surface area (TPSA) is 52.6 Å². The predicted molar refractivity (Wildman–Crippen MR) is 64.6 cm³/mol. The molecule has 1 aromatic carbocycles. The Labute approximate surface area is 102 Å². The SMILES string of the molecule is O=C(c1cc(Br)ccc1O)N1CCNCC1. The average molecular weight is 285 g/mol. The van der Waals surface area contributed by atoms with E-state index in [4.69, 9.17) is 0 Å². The first-order chi connectivity index (χ1) is 7.68. The minimum Gasteiger partial charge on any atom is -0.507 e. The molecule has 0 spiro atoms. The van der Waals surface area contributed by atoms with Crippen molar-refractivity contribution in [1.29, 1.82) is 0 Å². The summed E-state index contributed by atoms with van der Waals surface area (Å²) in [6, 6.07) is 4.89.